The second-order valence-electron chi connectivity index (χ2n) is 5.98. The average Bonchev–Trinajstić information content (AvgIpc) is 2.63. The van der Waals surface area contributed by atoms with E-state index in [0.29, 0.717) is 13.2 Å². The Balaban J connectivity index is 1.85. The molecule has 0 aromatic heterocycles. The predicted octanol–water partition coefficient (Wildman–Crippen LogP) is 3.68. The van der Waals surface area contributed by atoms with Crippen molar-refractivity contribution in [1.82, 2.24) is 5.32 Å². The highest BCUT2D eigenvalue weighted by molar-refractivity contribution is 5.74. The predicted molar refractivity (Wildman–Crippen MR) is 91.1 cm³/mol. The molecule has 3 nitrogen and oxygen atoms in total. The molecule has 1 N–H and O–H groups in total. The Morgan fingerprint density at radius 1 is 1.04 bits per heavy atom. The molecule has 0 aliphatic carbocycles. The van der Waals surface area contributed by atoms with Crippen molar-refractivity contribution < 1.29 is 9.53 Å². The van der Waals surface area contributed by atoms with Gasteiger partial charge in [0.2, 0.25) is 0 Å². The third-order valence-electron chi connectivity index (χ3n) is 4.58. The van der Waals surface area contributed by atoms with Gasteiger partial charge in [-0.05, 0) is 24.5 Å². The fraction of sp³-hybridized carbons (Fsp3) is 0.350. The molecule has 2 aromatic rings. The van der Waals surface area contributed by atoms with Crippen LogP contribution in [0, 0.1) is 5.92 Å². The third kappa shape index (κ3) is 3.62. The second-order valence-corrected chi connectivity index (χ2v) is 5.98. The Bertz CT molecular complexity index is 627. The van der Waals surface area contributed by atoms with E-state index in [9.17, 15) is 4.79 Å². The van der Waals surface area contributed by atoms with Gasteiger partial charge in [-0.15, -0.1) is 0 Å². The van der Waals surface area contributed by atoms with Crippen molar-refractivity contribution in [3.8, 4) is 0 Å². The Hall–Kier alpha value is -2.13. The number of hydrogen-bond donors (Lipinski definition) is 1. The average molecular weight is 309 g/mol. The largest absolute Gasteiger partial charge is 0.466 e. The molecule has 0 unspecified atom stereocenters. The quantitative estimate of drug-likeness (QED) is 0.876. The minimum Gasteiger partial charge on any atom is -0.466 e. The number of ether oxygens (including phenoxy) is 1. The maximum absolute atomic E-state index is 12.4. The van der Waals surface area contributed by atoms with E-state index in [4.69, 9.17) is 4.74 Å². The van der Waals surface area contributed by atoms with E-state index in [-0.39, 0.29) is 23.8 Å². The lowest BCUT2D eigenvalue weighted by atomic mass is 9.77. The molecule has 3 atom stereocenters. The molecular weight excluding hydrogens is 286 g/mol. The lowest BCUT2D eigenvalue weighted by Gasteiger charge is -2.36. The highest BCUT2D eigenvalue weighted by Crippen LogP contribution is 2.38. The van der Waals surface area contributed by atoms with Crippen molar-refractivity contribution in [1.29, 1.82) is 0 Å². The van der Waals surface area contributed by atoms with Crippen LogP contribution in [0.4, 0.5) is 0 Å². The normalized spacial score (nSPS) is 24.1. The van der Waals surface area contributed by atoms with E-state index in [2.05, 4.69) is 41.7 Å². The molecule has 3 rings (SSSR count). The van der Waals surface area contributed by atoms with Gasteiger partial charge in [0.25, 0.3) is 0 Å². The molecule has 0 bridgehead atoms. The Kier molecular flexibility index (Phi) is 5.09. The Labute approximate surface area is 137 Å². The molecule has 1 heterocycles. The number of rotatable bonds is 4. The molecule has 1 fully saturated rings. The van der Waals surface area contributed by atoms with E-state index in [1.807, 2.05) is 31.2 Å². The lowest BCUT2D eigenvalue weighted by Crippen LogP contribution is -2.42. The summed E-state index contributed by atoms with van der Waals surface area (Å²) in [7, 11) is 0. The molecule has 0 amide bonds. The smallest absolute Gasteiger partial charge is 0.310 e. The monoisotopic (exact) mass is 309 g/mol. The van der Waals surface area contributed by atoms with E-state index in [0.717, 1.165) is 6.42 Å². The summed E-state index contributed by atoms with van der Waals surface area (Å²) in [6.45, 7) is 2.94. The highest BCUT2D eigenvalue weighted by Gasteiger charge is 2.37. The summed E-state index contributed by atoms with van der Waals surface area (Å²) in [6.07, 6.45) is 0.900. The van der Waals surface area contributed by atoms with Crippen LogP contribution < -0.4 is 5.32 Å². The van der Waals surface area contributed by atoms with Gasteiger partial charge in [0.05, 0.1) is 12.5 Å². The Morgan fingerprint density at radius 3 is 2.26 bits per heavy atom. The van der Waals surface area contributed by atoms with E-state index in [1.165, 1.54) is 11.1 Å². The molecule has 0 saturated carbocycles. The number of carbonyl (C=O) groups excluding carboxylic acids is 1. The first kappa shape index (κ1) is 15.8. The minimum atomic E-state index is -0.127. The van der Waals surface area contributed by atoms with Crippen LogP contribution in [0.1, 0.15) is 36.4 Å². The van der Waals surface area contributed by atoms with Crippen molar-refractivity contribution in [3.05, 3.63) is 71.8 Å². The summed E-state index contributed by atoms with van der Waals surface area (Å²) >= 11 is 0. The van der Waals surface area contributed by atoms with E-state index < -0.39 is 0 Å². The fourth-order valence-corrected chi connectivity index (χ4v) is 3.42. The molecule has 120 valence electrons. The van der Waals surface area contributed by atoms with Crippen LogP contribution in [0.5, 0.6) is 0 Å². The number of carbonyl (C=O) groups is 1. The Morgan fingerprint density at radius 2 is 1.65 bits per heavy atom. The van der Waals surface area contributed by atoms with Crippen molar-refractivity contribution in [2.45, 2.75) is 25.3 Å². The fourth-order valence-electron chi connectivity index (χ4n) is 3.42. The SMILES string of the molecule is CCOC(=O)[C@@H]1CN[C@H](c2ccccc2)C[C@H]1c1ccccc1. The van der Waals surface area contributed by atoms with Gasteiger partial charge in [0.1, 0.15) is 0 Å². The molecule has 0 spiro atoms. The van der Waals surface area contributed by atoms with Crippen LogP contribution in [0.2, 0.25) is 0 Å². The van der Waals surface area contributed by atoms with Crippen molar-refractivity contribution >= 4 is 5.97 Å². The highest BCUT2D eigenvalue weighted by atomic mass is 16.5. The van der Waals surface area contributed by atoms with E-state index >= 15 is 0 Å². The maximum Gasteiger partial charge on any atom is 0.310 e. The van der Waals surface area contributed by atoms with Gasteiger partial charge in [-0.25, -0.2) is 0 Å². The summed E-state index contributed by atoms with van der Waals surface area (Å²) in [5.74, 6) is -0.0422. The summed E-state index contributed by atoms with van der Waals surface area (Å²) in [6, 6.07) is 21.0. The van der Waals surface area contributed by atoms with Crippen LogP contribution in [0.3, 0.4) is 0 Å². The van der Waals surface area contributed by atoms with Crippen LogP contribution >= 0.6 is 0 Å². The number of nitrogens with one attached hydrogen (secondary N) is 1. The first-order valence-electron chi connectivity index (χ1n) is 8.29. The molecule has 2 aromatic carbocycles. The molecule has 1 aliphatic heterocycles. The lowest BCUT2D eigenvalue weighted by molar-refractivity contribution is -0.149. The first-order valence-corrected chi connectivity index (χ1v) is 8.29. The zero-order valence-electron chi connectivity index (χ0n) is 13.4. The summed E-state index contributed by atoms with van der Waals surface area (Å²) in [5.41, 5.74) is 2.49. The van der Waals surface area contributed by atoms with Crippen LogP contribution in [-0.4, -0.2) is 19.1 Å². The van der Waals surface area contributed by atoms with Crippen molar-refractivity contribution in [2.24, 2.45) is 5.92 Å². The van der Waals surface area contributed by atoms with Crippen molar-refractivity contribution in [3.63, 3.8) is 0 Å². The zero-order valence-corrected chi connectivity index (χ0v) is 13.4. The summed E-state index contributed by atoms with van der Waals surface area (Å²) in [5, 5.41) is 3.52. The first-order chi connectivity index (χ1) is 11.3. The van der Waals surface area contributed by atoms with Gasteiger partial charge < -0.3 is 10.1 Å². The van der Waals surface area contributed by atoms with Gasteiger partial charge in [0, 0.05) is 18.5 Å². The van der Waals surface area contributed by atoms with Crippen molar-refractivity contribution in [2.75, 3.05) is 13.2 Å². The molecular formula is C20H23NO2. The molecule has 1 saturated heterocycles. The van der Waals surface area contributed by atoms with Gasteiger partial charge in [-0.1, -0.05) is 60.7 Å². The van der Waals surface area contributed by atoms with Crippen LogP contribution in [0.25, 0.3) is 0 Å². The topological polar surface area (TPSA) is 38.3 Å². The van der Waals surface area contributed by atoms with E-state index in [1.54, 1.807) is 0 Å². The maximum atomic E-state index is 12.4. The second kappa shape index (κ2) is 7.42. The summed E-state index contributed by atoms with van der Waals surface area (Å²) in [4.78, 5) is 12.4. The summed E-state index contributed by atoms with van der Waals surface area (Å²) < 4.78 is 5.30. The molecule has 23 heavy (non-hydrogen) atoms. The van der Waals surface area contributed by atoms with Gasteiger partial charge >= 0.3 is 5.97 Å². The van der Waals surface area contributed by atoms with Crippen LogP contribution in [0.15, 0.2) is 60.7 Å². The number of hydrogen-bond acceptors (Lipinski definition) is 3. The zero-order chi connectivity index (χ0) is 16.1. The van der Waals surface area contributed by atoms with Gasteiger partial charge in [-0.3, -0.25) is 4.79 Å². The third-order valence-corrected chi connectivity index (χ3v) is 4.58. The number of piperidine rings is 1. The number of benzene rings is 2. The van der Waals surface area contributed by atoms with Crippen LogP contribution in [-0.2, 0) is 9.53 Å². The standard InChI is InChI=1S/C20H23NO2/c1-2-23-20(22)18-14-21-19(16-11-7-4-8-12-16)13-17(18)15-9-5-3-6-10-15/h3-12,17-19,21H,2,13-14H2,1H3/t17-,18+,19-/m0/s1. The van der Waals surface area contributed by atoms with Gasteiger partial charge in [0.15, 0.2) is 0 Å². The molecule has 1 aliphatic rings. The number of esters is 1. The van der Waals surface area contributed by atoms with Gasteiger partial charge in [-0.2, -0.15) is 0 Å². The molecule has 0 radical (unpaired) electrons. The minimum absolute atomic E-state index is 0.0969. The molecule has 3 heteroatoms.